The van der Waals surface area contributed by atoms with Crippen LogP contribution in [0.4, 0.5) is 0 Å². The normalized spacial score (nSPS) is 20.5. The molecule has 76 valence electrons. The number of benzene rings is 1. The van der Waals surface area contributed by atoms with E-state index in [9.17, 15) is 5.11 Å². The highest BCUT2D eigenvalue weighted by Crippen LogP contribution is 2.55. The SMILES string of the molecule is CC(N)C1(c2c(O)cccc2Cl)CC1. The summed E-state index contributed by atoms with van der Waals surface area (Å²) in [6.45, 7) is 1.97. The summed E-state index contributed by atoms with van der Waals surface area (Å²) in [6.07, 6.45) is 2.03. The average Bonchev–Trinajstić information content (AvgIpc) is 2.85. The van der Waals surface area contributed by atoms with Gasteiger partial charge in [-0.15, -0.1) is 0 Å². The Bertz CT molecular complexity index is 338. The summed E-state index contributed by atoms with van der Waals surface area (Å²) in [5.41, 5.74) is 6.68. The van der Waals surface area contributed by atoms with Gasteiger partial charge in [-0.3, -0.25) is 0 Å². The third-order valence-electron chi connectivity index (χ3n) is 3.15. The van der Waals surface area contributed by atoms with E-state index in [2.05, 4.69) is 0 Å². The molecule has 0 aliphatic heterocycles. The maximum Gasteiger partial charge on any atom is 0.120 e. The van der Waals surface area contributed by atoms with Crippen molar-refractivity contribution in [2.45, 2.75) is 31.2 Å². The maximum absolute atomic E-state index is 9.78. The predicted molar refractivity (Wildman–Crippen MR) is 57.7 cm³/mol. The summed E-state index contributed by atoms with van der Waals surface area (Å²) in [6, 6.07) is 5.26. The van der Waals surface area contributed by atoms with Crippen LogP contribution in [0.25, 0.3) is 0 Å². The minimum absolute atomic E-state index is 0.0355. The summed E-state index contributed by atoms with van der Waals surface area (Å²) in [4.78, 5) is 0. The molecule has 0 amide bonds. The third-order valence-corrected chi connectivity index (χ3v) is 3.46. The van der Waals surface area contributed by atoms with Gasteiger partial charge >= 0.3 is 0 Å². The highest BCUT2D eigenvalue weighted by Gasteiger charge is 2.50. The number of phenolic OH excluding ortho intramolecular Hbond substituents is 1. The molecule has 1 saturated carbocycles. The van der Waals surface area contributed by atoms with Crippen LogP contribution in [0.3, 0.4) is 0 Å². The van der Waals surface area contributed by atoms with Crippen LogP contribution in [-0.4, -0.2) is 11.1 Å². The zero-order valence-corrected chi connectivity index (χ0v) is 8.88. The van der Waals surface area contributed by atoms with Gasteiger partial charge in [-0.2, -0.15) is 0 Å². The molecule has 3 N–H and O–H groups in total. The number of nitrogens with two attached hydrogens (primary N) is 1. The molecule has 14 heavy (non-hydrogen) atoms. The Labute approximate surface area is 88.7 Å². The van der Waals surface area contributed by atoms with Crippen LogP contribution in [0.15, 0.2) is 18.2 Å². The topological polar surface area (TPSA) is 46.2 Å². The van der Waals surface area contributed by atoms with E-state index in [-0.39, 0.29) is 17.2 Å². The van der Waals surface area contributed by atoms with Crippen LogP contribution in [0, 0.1) is 0 Å². The van der Waals surface area contributed by atoms with E-state index in [1.54, 1.807) is 18.2 Å². The summed E-state index contributed by atoms with van der Waals surface area (Å²) in [5, 5.41) is 10.4. The Hall–Kier alpha value is -0.730. The van der Waals surface area contributed by atoms with Crippen LogP contribution in [0.5, 0.6) is 5.75 Å². The Morgan fingerprint density at radius 2 is 2.14 bits per heavy atom. The summed E-state index contributed by atoms with van der Waals surface area (Å²) < 4.78 is 0. The molecule has 0 bridgehead atoms. The second-order valence-corrected chi connectivity index (χ2v) is 4.49. The van der Waals surface area contributed by atoms with Gasteiger partial charge in [0.15, 0.2) is 0 Å². The molecule has 1 unspecified atom stereocenters. The van der Waals surface area contributed by atoms with Crippen LogP contribution in [0.1, 0.15) is 25.3 Å². The lowest BCUT2D eigenvalue weighted by molar-refractivity contribution is 0.447. The second kappa shape index (κ2) is 3.14. The molecule has 1 atom stereocenters. The highest BCUT2D eigenvalue weighted by molar-refractivity contribution is 6.31. The van der Waals surface area contributed by atoms with Crippen molar-refractivity contribution in [3.05, 3.63) is 28.8 Å². The van der Waals surface area contributed by atoms with Crippen molar-refractivity contribution in [2.75, 3.05) is 0 Å². The molecule has 1 aromatic rings. The number of aromatic hydroxyl groups is 1. The zero-order chi connectivity index (χ0) is 10.3. The lowest BCUT2D eigenvalue weighted by atomic mass is 9.89. The third kappa shape index (κ3) is 1.30. The molecule has 0 spiro atoms. The van der Waals surface area contributed by atoms with E-state index < -0.39 is 0 Å². The number of halogens is 1. The first kappa shape index (κ1) is 9.81. The van der Waals surface area contributed by atoms with Crippen molar-refractivity contribution in [3.63, 3.8) is 0 Å². The van der Waals surface area contributed by atoms with Crippen molar-refractivity contribution in [2.24, 2.45) is 5.73 Å². The molecule has 0 radical (unpaired) electrons. The van der Waals surface area contributed by atoms with Crippen LogP contribution >= 0.6 is 11.6 Å². The Morgan fingerprint density at radius 3 is 2.57 bits per heavy atom. The summed E-state index contributed by atoms with van der Waals surface area (Å²) in [7, 11) is 0. The largest absolute Gasteiger partial charge is 0.508 e. The quantitative estimate of drug-likeness (QED) is 0.789. The number of hydrogen-bond donors (Lipinski definition) is 2. The van der Waals surface area contributed by atoms with Gasteiger partial charge in [-0.25, -0.2) is 0 Å². The first-order valence-electron chi connectivity index (χ1n) is 4.81. The Morgan fingerprint density at radius 1 is 1.50 bits per heavy atom. The fourth-order valence-corrected chi connectivity index (χ4v) is 2.43. The van der Waals surface area contributed by atoms with Crippen molar-refractivity contribution in [3.8, 4) is 5.75 Å². The van der Waals surface area contributed by atoms with E-state index in [0.29, 0.717) is 5.02 Å². The number of rotatable bonds is 2. The molecule has 0 aromatic heterocycles. The Balaban J connectivity index is 2.51. The van der Waals surface area contributed by atoms with Crippen molar-refractivity contribution in [1.29, 1.82) is 0 Å². The van der Waals surface area contributed by atoms with Gasteiger partial charge in [0.25, 0.3) is 0 Å². The number of phenols is 1. The first-order valence-corrected chi connectivity index (χ1v) is 5.19. The molecule has 1 aliphatic carbocycles. The zero-order valence-electron chi connectivity index (χ0n) is 8.13. The monoisotopic (exact) mass is 211 g/mol. The lowest BCUT2D eigenvalue weighted by Gasteiger charge is -2.22. The molecular weight excluding hydrogens is 198 g/mol. The molecule has 2 nitrogen and oxygen atoms in total. The predicted octanol–water partition coefficient (Wildman–Crippen LogP) is 2.42. The van der Waals surface area contributed by atoms with Crippen LogP contribution < -0.4 is 5.73 Å². The molecule has 3 heteroatoms. The fourth-order valence-electron chi connectivity index (χ4n) is 2.07. The summed E-state index contributed by atoms with van der Waals surface area (Å²) in [5.74, 6) is 0.271. The molecule has 0 saturated heterocycles. The molecule has 1 aliphatic rings. The van der Waals surface area contributed by atoms with E-state index in [1.807, 2.05) is 6.92 Å². The average molecular weight is 212 g/mol. The van der Waals surface area contributed by atoms with E-state index in [4.69, 9.17) is 17.3 Å². The Kier molecular flexibility index (Phi) is 2.20. The molecular formula is C11H14ClNO. The van der Waals surface area contributed by atoms with Gasteiger partial charge in [0, 0.05) is 22.0 Å². The lowest BCUT2D eigenvalue weighted by Crippen LogP contribution is -2.31. The van der Waals surface area contributed by atoms with Crippen LogP contribution in [-0.2, 0) is 5.41 Å². The van der Waals surface area contributed by atoms with Gasteiger partial charge in [0.1, 0.15) is 5.75 Å². The first-order chi connectivity index (χ1) is 6.58. The van der Waals surface area contributed by atoms with Gasteiger partial charge < -0.3 is 10.8 Å². The van der Waals surface area contributed by atoms with Gasteiger partial charge in [0.05, 0.1) is 0 Å². The van der Waals surface area contributed by atoms with Crippen molar-refractivity contribution < 1.29 is 5.11 Å². The minimum atomic E-state index is -0.0809. The molecule has 0 heterocycles. The second-order valence-electron chi connectivity index (χ2n) is 4.08. The van der Waals surface area contributed by atoms with Crippen LogP contribution in [0.2, 0.25) is 5.02 Å². The van der Waals surface area contributed by atoms with E-state index in [0.717, 1.165) is 18.4 Å². The number of hydrogen-bond acceptors (Lipinski definition) is 2. The van der Waals surface area contributed by atoms with Crippen molar-refractivity contribution in [1.82, 2.24) is 0 Å². The van der Waals surface area contributed by atoms with E-state index >= 15 is 0 Å². The van der Waals surface area contributed by atoms with E-state index in [1.165, 1.54) is 0 Å². The highest BCUT2D eigenvalue weighted by atomic mass is 35.5. The molecule has 2 rings (SSSR count). The smallest absolute Gasteiger partial charge is 0.120 e. The molecule has 1 aromatic carbocycles. The standard InChI is InChI=1S/C11H14ClNO/c1-7(13)11(5-6-11)10-8(12)3-2-4-9(10)14/h2-4,7,14H,5-6,13H2,1H3. The van der Waals surface area contributed by atoms with Gasteiger partial charge in [-0.1, -0.05) is 17.7 Å². The molecule has 1 fully saturated rings. The minimum Gasteiger partial charge on any atom is -0.508 e. The summed E-state index contributed by atoms with van der Waals surface area (Å²) >= 11 is 6.08. The maximum atomic E-state index is 9.78. The fraction of sp³-hybridized carbons (Fsp3) is 0.455. The van der Waals surface area contributed by atoms with Gasteiger partial charge in [0.2, 0.25) is 0 Å². The van der Waals surface area contributed by atoms with Crippen molar-refractivity contribution >= 4 is 11.6 Å². The van der Waals surface area contributed by atoms with Gasteiger partial charge in [-0.05, 0) is 31.9 Å².